The van der Waals surface area contributed by atoms with E-state index in [0.29, 0.717) is 0 Å². The van der Waals surface area contributed by atoms with Crippen LogP contribution in [-0.4, -0.2) is 29.2 Å². The van der Waals surface area contributed by atoms with Crippen LogP contribution >= 0.6 is 0 Å². The molecule has 0 fully saturated rings. The lowest BCUT2D eigenvalue weighted by atomic mass is 10.1. The number of rotatable bonds is 5. The van der Waals surface area contributed by atoms with Crippen molar-refractivity contribution in [1.29, 1.82) is 0 Å². The molecule has 92 valence electrons. The van der Waals surface area contributed by atoms with E-state index in [1.165, 1.54) is 6.92 Å². The van der Waals surface area contributed by atoms with E-state index in [9.17, 15) is 9.59 Å². The molecule has 2 atom stereocenters. The maximum Gasteiger partial charge on any atom is 0.324 e. The number of carboxylic acid groups (broad SMARTS) is 1. The third-order valence-electron chi connectivity index (χ3n) is 2.30. The van der Waals surface area contributed by atoms with E-state index >= 15 is 0 Å². The molecule has 0 spiro atoms. The van der Waals surface area contributed by atoms with Crippen LogP contribution in [0.4, 0.5) is 0 Å². The van der Waals surface area contributed by atoms with Crippen molar-refractivity contribution in [2.45, 2.75) is 25.5 Å². The molecule has 5 nitrogen and oxygen atoms in total. The average Bonchev–Trinajstić information content (AvgIpc) is 2.28. The van der Waals surface area contributed by atoms with Gasteiger partial charge in [0.25, 0.3) is 0 Å². The lowest BCUT2D eigenvalue weighted by molar-refractivity contribution is -0.152. The van der Waals surface area contributed by atoms with E-state index in [4.69, 9.17) is 15.6 Å². The molecule has 0 amide bonds. The highest BCUT2D eigenvalue weighted by Gasteiger charge is 2.23. The van der Waals surface area contributed by atoms with E-state index in [1.54, 1.807) is 12.1 Å². The molecule has 1 aromatic carbocycles. The van der Waals surface area contributed by atoms with Crippen LogP contribution in [0.1, 0.15) is 12.5 Å². The van der Waals surface area contributed by atoms with Crippen molar-refractivity contribution in [3.05, 3.63) is 35.9 Å². The Balaban J connectivity index is 2.48. The van der Waals surface area contributed by atoms with Crippen LogP contribution in [-0.2, 0) is 20.7 Å². The summed E-state index contributed by atoms with van der Waals surface area (Å²) in [6.45, 7) is 1.46. The van der Waals surface area contributed by atoms with Gasteiger partial charge in [0, 0.05) is 0 Å². The van der Waals surface area contributed by atoms with Gasteiger partial charge in [-0.1, -0.05) is 30.3 Å². The monoisotopic (exact) mass is 237 g/mol. The van der Waals surface area contributed by atoms with E-state index in [1.807, 2.05) is 18.2 Å². The van der Waals surface area contributed by atoms with Crippen molar-refractivity contribution < 1.29 is 19.4 Å². The minimum absolute atomic E-state index is 0.109. The number of carbonyl (C=O) groups excluding carboxylic acids is 1. The highest BCUT2D eigenvalue weighted by Crippen LogP contribution is 2.04. The number of hydrogen-bond acceptors (Lipinski definition) is 4. The quantitative estimate of drug-likeness (QED) is 0.731. The second-order valence-corrected chi connectivity index (χ2v) is 3.72. The molecule has 2 unspecified atom stereocenters. The Bertz CT molecular complexity index is 391. The first-order valence-electron chi connectivity index (χ1n) is 5.22. The normalized spacial score (nSPS) is 13.8. The third kappa shape index (κ3) is 4.24. The lowest BCUT2D eigenvalue weighted by Gasteiger charge is -2.16. The summed E-state index contributed by atoms with van der Waals surface area (Å²) in [4.78, 5) is 22.0. The van der Waals surface area contributed by atoms with E-state index < -0.39 is 24.1 Å². The van der Waals surface area contributed by atoms with Crippen LogP contribution < -0.4 is 5.73 Å². The van der Waals surface area contributed by atoms with Gasteiger partial charge in [0.2, 0.25) is 0 Å². The molecule has 1 aromatic rings. The number of nitrogens with two attached hydrogens (primary N) is 1. The first-order chi connectivity index (χ1) is 8.00. The Hall–Kier alpha value is -1.88. The molecule has 3 N–H and O–H groups in total. The molecule has 0 heterocycles. The smallest absolute Gasteiger partial charge is 0.324 e. The molecule has 5 heteroatoms. The predicted octanol–water partition coefficient (Wildman–Crippen LogP) is 0.573. The molecule has 0 aromatic heterocycles. The number of ether oxygens (including phenoxy) is 1. The summed E-state index contributed by atoms with van der Waals surface area (Å²) < 4.78 is 4.93. The molecule has 0 bridgehead atoms. The highest BCUT2D eigenvalue weighted by molar-refractivity contribution is 5.76. The number of carbonyl (C=O) groups is 2. The highest BCUT2D eigenvalue weighted by atomic mass is 16.5. The fraction of sp³-hybridized carbons (Fsp3) is 0.333. The van der Waals surface area contributed by atoms with Gasteiger partial charge in [0.1, 0.15) is 12.1 Å². The first-order valence-corrected chi connectivity index (χ1v) is 5.22. The zero-order chi connectivity index (χ0) is 12.8. The molecular weight excluding hydrogens is 222 g/mol. The van der Waals surface area contributed by atoms with Crippen LogP contribution in [0.15, 0.2) is 30.3 Å². The fourth-order valence-electron chi connectivity index (χ4n) is 1.29. The standard InChI is InChI=1S/C12H15NO4/c1-8(11(13)12(15)16)17-10(14)7-9-5-3-2-4-6-9/h2-6,8,11H,7,13H2,1H3,(H,15,16). The summed E-state index contributed by atoms with van der Waals surface area (Å²) >= 11 is 0. The molecular formula is C12H15NO4. The van der Waals surface area contributed by atoms with Crippen LogP contribution in [0.2, 0.25) is 0 Å². The summed E-state index contributed by atoms with van der Waals surface area (Å²) in [5.74, 6) is -1.68. The Morgan fingerprint density at radius 3 is 2.47 bits per heavy atom. The van der Waals surface area contributed by atoms with Crippen molar-refractivity contribution in [3.8, 4) is 0 Å². The average molecular weight is 237 g/mol. The van der Waals surface area contributed by atoms with Gasteiger partial charge in [0.05, 0.1) is 6.42 Å². The summed E-state index contributed by atoms with van der Waals surface area (Å²) in [7, 11) is 0. The molecule has 0 aliphatic carbocycles. The zero-order valence-electron chi connectivity index (χ0n) is 9.50. The largest absolute Gasteiger partial charge is 0.480 e. The van der Waals surface area contributed by atoms with Gasteiger partial charge in [-0.05, 0) is 12.5 Å². The van der Waals surface area contributed by atoms with Crippen molar-refractivity contribution >= 4 is 11.9 Å². The van der Waals surface area contributed by atoms with E-state index in [-0.39, 0.29) is 6.42 Å². The second-order valence-electron chi connectivity index (χ2n) is 3.72. The maximum atomic E-state index is 11.5. The van der Waals surface area contributed by atoms with Gasteiger partial charge in [-0.2, -0.15) is 0 Å². The van der Waals surface area contributed by atoms with E-state index in [2.05, 4.69) is 0 Å². The van der Waals surface area contributed by atoms with Gasteiger partial charge >= 0.3 is 11.9 Å². The van der Waals surface area contributed by atoms with Crippen LogP contribution in [0.3, 0.4) is 0 Å². The van der Waals surface area contributed by atoms with Crippen molar-refractivity contribution in [1.82, 2.24) is 0 Å². The first kappa shape index (κ1) is 13.2. The number of benzene rings is 1. The summed E-state index contributed by atoms with van der Waals surface area (Å²) in [5, 5.41) is 8.64. The zero-order valence-corrected chi connectivity index (χ0v) is 9.50. The van der Waals surface area contributed by atoms with Gasteiger partial charge < -0.3 is 15.6 Å². The van der Waals surface area contributed by atoms with Crippen LogP contribution in [0, 0.1) is 0 Å². The minimum Gasteiger partial charge on any atom is -0.480 e. The van der Waals surface area contributed by atoms with Gasteiger partial charge in [-0.25, -0.2) is 0 Å². The topological polar surface area (TPSA) is 89.6 Å². The number of esters is 1. The molecule has 1 rings (SSSR count). The van der Waals surface area contributed by atoms with Crippen molar-refractivity contribution in [2.24, 2.45) is 5.73 Å². The molecule has 0 aliphatic heterocycles. The number of aliphatic carboxylic acids is 1. The summed E-state index contributed by atoms with van der Waals surface area (Å²) in [5.41, 5.74) is 6.14. The molecule has 0 aliphatic rings. The Morgan fingerprint density at radius 2 is 1.94 bits per heavy atom. The van der Waals surface area contributed by atoms with Gasteiger partial charge in [-0.15, -0.1) is 0 Å². The predicted molar refractivity (Wildman–Crippen MR) is 61.3 cm³/mol. The maximum absolute atomic E-state index is 11.5. The van der Waals surface area contributed by atoms with Gasteiger partial charge in [0.15, 0.2) is 0 Å². The summed E-state index contributed by atoms with van der Waals surface area (Å²) in [6, 6.07) is 7.86. The second kappa shape index (κ2) is 6.00. The Kier molecular flexibility index (Phi) is 4.66. The molecule has 0 saturated heterocycles. The third-order valence-corrected chi connectivity index (χ3v) is 2.30. The number of carboxylic acids is 1. The molecule has 0 saturated carbocycles. The number of hydrogen-bond donors (Lipinski definition) is 2. The molecule has 0 radical (unpaired) electrons. The van der Waals surface area contributed by atoms with Crippen LogP contribution in [0.5, 0.6) is 0 Å². The molecule has 17 heavy (non-hydrogen) atoms. The Morgan fingerprint density at radius 1 is 1.35 bits per heavy atom. The lowest BCUT2D eigenvalue weighted by Crippen LogP contribution is -2.42. The van der Waals surface area contributed by atoms with Crippen LogP contribution in [0.25, 0.3) is 0 Å². The Labute approximate surface area is 99.2 Å². The SMILES string of the molecule is CC(OC(=O)Cc1ccccc1)C(N)C(=O)O. The fourth-order valence-corrected chi connectivity index (χ4v) is 1.29. The van der Waals surface area contributed by atoms with Crippen molar-refractivity contribution in [3.63, 3.8) is 0 Å². The van der Waals surface area contributed by atoms with E-state index in [0.717, 1.165) is 5.56 Å². The van der Waals surface area contributed by atoms with Crippen molar-refractivity contribution in [2.75, 3.05) is 0 Å². The van der Waals surface area contributed by atoms with Gasteiger partial charge in [-0.3, -0.25) is 9.59 Å². The minimum atomic E-state index is -1.20. The summed E-state index contributed by atoms with van der Waals surface area (Å²) in [6.07, 6.45) is -0.735.